The number of aromatic nitrogens is 1. The molecule has 4 rings (SSSR count). The molecule has 1 amide bonds. The number of amides is 1. The Bertz CT molecular complexity index is 1170. The molecule has 0 saturated carbocycles. The van der Waals surface area contributed by atoms with Gasteiger partial charge in [-0.25, -0.2) is 10.0 Å². The summed E-state index contributed by atoms with van der Waals surface area (Å²) in [4.78, 5) is 18.9. The van der Waals surface area contributed by atoms with Crippen LogP contribution in [0.4, 0.5) is 28.6 Å². The SMILES string of the molecule is COc1cc(N2CCOCC2)ccc1Nc1cc(Nc2ccccc2C(=O)N(C)O)c(Cl)cn1. The normalized spacial score (nSPS) is 13.4. The van der Waals surface area contributed by atoms with E-state index in [1.807, 2.05) is 18.2 Å². The van der Waals surface area contributed by atoms with E-state index in [9.17, 15) is 10.0 Å². The van der Waals surface area contributed by atoms with Crippen molar-refractivity contribution in [3.05, 3.63) is 65.3 Å². The molecule has 9 nitrogen and oxygen atoms in total. The lowest BCUT2D eigenvalue weighted by Crippen LogP contribution is -2.36. The molecule has 3 N–H and O–H groups in total. The Labute approximate surface area is 202 Å². The summed E-state index contributed by atoms with van der Waals surface area (Å²) < 4.78 is 11.0. The third-order valence-corrected chi connectivity index (χ3v) is 5.70. The molecule has 0 atom stereocenters. The Kier molecular flexibility index (Phi) is 7.36. The van der Waals surface area contributed by atoms with E-state index in [1.165, 1.54) is 13.2 Å². The van der Waals surface area contributed by atoms with Crippen LogP contribution in [-0.2, 0) is 4.74 Å². The molecule has 1 fully saturated rings. The van der Waals surface area contributed by atoms with Gasteiger partial charge in [-0.1, -0.05) is 23.7 Å². The van der Waals surface area contributed by atoms with Crippen molar-refractivity contribution >= 4 is 46.1 Å². The topological polar surface area (TPSA) is 99.2 Å². The number of pyridine rings is 1. The molecule has 2 heterocycles. The fourth-order valence-electron chi connectivity index (χ4n) is 3.64. The highest BCUT2D eigenvalue weighted by molar-refractivity contribution is 6.33. The number of hydrogen-bond acceptors (Lipinski definition) is 8. The van der Waals surface area contributed by atoms with Gasteiger partial charge in [-0.05, 0) is 24.3 Å². The number of anilines is 5. The predicted molar refractivity (Wildman–Crippen MR) is 132 cm³/mol. The van der Waals surface area contributed by atoms with Crippen molar-refractivity contribution in [2.75, 3.05) is 56.0 Å². The molecule has 1 aliphatic heterocycles. The maximum absolute atomic E-state index is 12.3. The van der Waals surface area contributed by atoms with Crippen LogP contribution < -0.4 is 20.3 Å². The van der Waals surface area contributed by atoms with Crippen LogP contribution in [0.5, 0.6) is 5.75 Å². The van der Waals surface area contributed by atoms with Crippen molar-refractivity contribution in [3.63, 3.8) is 0 Å². The van der Waals surface area contributed by atoms with Crippen molar-refractivity contribution in [2.45, 2.75) is 0 Å². The average Bonchev–Trinajstić information content (AvgIpc) is 2.86. The third-order valence-electron chi connectivity index (χ3n) is 5.40. The van der Waals surface area contributed by atoms with Crippen molar-refractivity contribution < 1.29 is 19.5 Å². The Balaban J connectivity index is 1.57. The van der Waals surface area contributed by atoms with Crippen molar-refractivity contribution in [3.8, 4) is 5.75 Å². The van der Waals surface area contributed by atoms with Crippen molar-refractivity contribution in [2.24, 2.45) is 0 Å². The van der Waals surface area contributed by atoms with Crippen LogP contribution in [0, 0.1) is 0 Å². The number of rotatable bonds is 7. The lowest BCUT2D eigenvalue weighted by atomic mass is 10.1. The van der Waals surface area contributed by atoms with Gasteiger partial charge in [0.15, 0.2) is 0 Å². The van der Waals surface area contributed by atoms with E-state index < -0.39 is 5.91 Å². The smallest absolute Gasteiger partial charge is 0.279 e. The fraction of sp³-hybridized carbons (Fsp3) is 0.250. The Hall–Kier alpha value is -3.53. The van der Waals surface area contributed by atoms with Crippen molar-refractivity contribution in [1.82, 2.24) is 10.0 Å². The van der Waals surface area contributed by atoms with E-state index in [0.717, 1.165) is 24.5 Å². The Morgan fingerprint density at radius 3 is 2.62 bits per heavy atom. The minimum absolute atomic E-state index is 0.301. The van der Waals surface area contributed by atoms with Crippen LogP contribution in [0.1, 0.15) is 10.4 Å². The van der Waals surface area contributed by atoms with Gasteiger partial charge in [0.2, 0.25) is 0 Å². The summed E-state index contributed by atoms with van der Waals surface area (Å²) in [6, 6.07) is 14.5. The maximum atomic E-state index is 12.3. The van der Waals surface area contributed by atoms with E-state index >= 15 is 0 Å². The summed E-state index contributed by atoms with van der Waals surface area (Å²) in [6.07, 6.45) is 1.52. The molecule has 2 aromatic carbocycles. The standard InChI is InChI=1S/C24H26ClN5O4/c1-29(32)24(31)17-5-3-4-6-19(17)27-21-14-23(26-15-18(21)25)28-20-8-7-16(13-22(20)33-2)30-9-11-34-12-10-30/h3-8,13-15,32H,9-12H2,1-2H3,(H2,26,27,28). The molecule has 1 saturated heterocycles. The minimum Gasteiger partial charge on any atom is -0.494 e. The summed E-state index contributed by atoms with van der Waals surface area (Å²) in [7, 11) is 2.90. The summed E-state index contributed by atoms with van der Waals surface area (Å²) in [6.45, 7) is 3.08. The molecule has 1 aliphatic rings. The number of morpholine rings is 1. The lowest BCUT2D eigenvalue weighted by Gasteiger charge is -2.29. The first-order valence-electron chi connectivity index (χ1n) is 10.7. The summed E-state index contributed by atoms with van der Waals surface area (Å²) in [5.74, 6) is 0.668. The van der Waals surface area contributed by atoms with E-state index in [1.54, 1.807) is 37.4 Å². The van der Waals surface area contributed by atoms with Gasteiger partial charge in [-0.2, -0.15) is 0 Å². The second kappa shape index (κ2) is 10.6. The number of hydroxylamine groups is 2. The van der Waals surface area contributed by atoms with Gasteiger partial charge in [-0.3, -0.25) is 10.0 Å². The molecule has 178 valence electrons. The molecule has 0 aliphatic carbocycles. The summed E-state index contributed by atoms with van der Waals surface area (Å²) in [5.41, 5.74) is 3.16. The number of methoxy groups -OCH3 is 1. The molecule has 0 bridgehead atoms. The zero-order valence-corrected chi connectivity index (χ0v) is 19.7. The van der Waals surface area contributed by atoms with Crippen molar-refractivity contribution in [1.29, 1.82) is 0 Å². The number of ether oxygens (including phenoxy) is 2. The Morgan fingerprint density at radius 1 is 1.12 bits per heavy atom. The summed E-state index contributed by atoms with van der Waals surface area (Å²) in [5, 5.41) is 16.9. The second-order valence-corrected chi connectivity index (χ2v) is 8.06. The highest BCUT2D eigenvalue weighted by Gasteiger charge is 2.17. The molecule has 0 radical (unpaired) electrons. The zero-order chi connectivity index (χ0) is 24.1. The number of benzene rings is 2. The number of hydrogen-bond donors (Lipinski definition) is 3. The molecule has 3 aromatic rings. The predicted octanol–water partition coefficient (Wildman–Crippen LogP) is 4.53. The average molecular weight is 484 g/mol. The third kappa shape index (κ3) is 5.33. The molecule has 0 unspecified atom stereocenters. The summed E-state index contributed by atoms with van der Waals surface area (Å²) >= 11 is 6.37. The number of carbonyl (C=O) groups is 1. The molecular formula is C24H26ClN5O4. The fourth-order valence-corrected chi connectivity index (χ4v) is 3.79. The van der Waals surface area contributed by atoms with E-state index in [2.05, 4.69) is 20.5 Å². The highest BCUT2D eigenvalue weighted by Crippen LogP contribution is 2.34. The van der Waals surface area contributed by atoms with Gasteiger partial charge in [0.1, 0.15) is 11.6 Å². The number of nitrogens with zero attached hydrogens (tertiary/aromatic N) is 3. The molecule has 1 aromatic heterocycles. The van der Waals surface area contributed by atoms with Crippen LogP contribution in [0.15, 0.2) is 54.7 Å². The van der Waals surface area contributed by atoms with Gasteiger partial charge in [-0.15, -0.1) is 0 Å². The zero-order valence-electron chi connectivity index (χ0n) is 18.9. The first kappa shape index (κ1) is 23.6. The Morgan fingerprint density at radius 2 is 1.88 bits per heavy atom. The van der Waals surface area contributed by atoms with E-state index in [0.29, 0.717) is 51.8 Å². The number of nitrogens with one attached hydrogen (secondary N) is 2. The molecule has 34 heavy (non-hydrogen) atoms. The van der Waals surface area contributed by atoms with Crippen LogP contribution in [0.2, 0.25) is 5.02 Å². The van der Waals surface area contributed by atoms with Gasteiger partial charge >= 0.3 is 0 Å². The first-order chi connectivity index (χ1) is 16.5. The van der Waals surface area contributed by atoms with Crippen LogP contribution >= 0.6 is 11.6 Å². The second-order valence-electron chi connectivity index (χ2n) is 7.66. The van der Waals surface area contributed by atoms with Gasteiger partial charge < -0.3 is 25.0 Å². The number of halogens is 1. The van der Waals surface area contributed by atoms with Gasteiger partial charge in [0.25, 0.3) is 5.91 Å². The van der Waals surface area contributed by atoms with Gasteiger partial charge in [0.05, 0.1) is 54.2 Å². The molecule has 0 spiro atoms. The number of para-hydroxylation sites is 1. The lowest BCUT2D eigenvalue weighted by molar-refractivity contribution is -0.0374. The monoisotopic (exact) mass is 483 g/mol. The highest BCUT2D eigenvalue weighted by atomic mass is 35.5. The van der Waals surface area contributed by atoms with Gasteiger partial charge in [0, 0.05) is 38.0 Å². The quantitative estimate of drug-likeness (QED) is 0.333. The van der Waals surface area contributed by atoms with E-state index in [4.69, 9.17) is 21.1 Å². The van der Waals surface area contributed by atoms with E-state index in [-0.39, 0.29) is 0 Å². The van der Waals surface area contributed by atoms with Crippen LogP contribution in [0.3, 0.4) is 0 Å². The van der Waals surface area contributed by atoms with Crippen LogP contribution in [-0.4, -0.2) is 61.6 Å². The number of carbonyl (C=O) groups excluding carboxylic acids is 1. The first-order valence-corrected chi connectivity index (χ1v) is 11.1. The largest absolute Gasteiger partial charge is 0.494 e. The maximum Gasteiger partial charge on any atom is 0.279 e. The van der Waals surface area contributed by atoms with Crippen LogP contribution in [0.25, 0.3) is 0 Å². The minimum atomic E-state index is -0.545. The molecular weight excluding hydrogens is 458 g/mol. The molecule has 10 heteroatoms.